The van der Waals surface area contributed by atoms with Crippen molar-refractivity contribution >= 4 is 27.7 Å². The van der Waals surface area contributed by atoms with Crippen LogP contribution in [0.4, 0.5) is 0 Å². The Morgan fingerprint density at radius 3 is 2.35 bits per heavy atom. The predicted octanol–water partition coefficient (Wildman–Crippen LogP) is 2.84. The van der Waals surface area contributed by atoms with E-state index < -0.39 is 6.10 Å². The monoisotopic (exact) mass is 339 g/mol. The second-order valence-corrected chi connectivity index (χ2v) is 5.97. The summed E-state index contributed by atoms with van der Waals surface area (Å²) in [6.45, 7) is 4.06. The first-order valence-electron chi connectivity index (χ1n) is 6.83. The summed E-state index contributed by atoms with van der Waals surface area (Å²) >= 11 is 3.30. The summed E-state index contributed by atoms with van der Waals surface area (Å²) in [5, 5.41) is 10.2. The summed E-state index contributed by atoms with van der Waals surface area (Å²) in [5.41, 5.74) is 0.816. The number of hydrogen-bond acceptors (Lipinski definition) is 3. The SMILES string of the molecule is CCC(CC)C(O)CN1C(=O)c2ccc(Br)cc2C1=O. The van der Waals surface area contributed by atoms with Crippen molar-refractivity contribution in [1.82, 2.24) is 4.90 Å². The van der Waals surface area contributed by atoms with Gasteiger partial charge in [0.15, 0.2) is 0 Å². The Morgan fingerprint density at radius 1 is 1.15 bits per heavy atom. The van der Waals surface area contributed by atoms with E-state index in [2.05, 4.69) is 15.9 Å². The molecule has 4 nitrogen and oxygen atoms in total. The number of nitrogens with zero attached hydrogens (tertiary/aromatic N) is 1. The minimum atomic E-state index is -0.671. The summed E-state index contributed by atoms with van der Waals surface area (Å²) in [7, 11) is 0. The molecule has 1 unspecified atom stereocenters. The summed E-state index contributed by atoms with van der Waals surface area (Å²) in [6.07, 6.45) is 0.981. The summed E-state index contributed by atoms with van der Waals surface area (Å²) in [6, 6.07) is 5.03. The van der Waals surface area contributed by atoms with E-state index in [0.29, 0.717) is 11.1 Å². The second kappa shape index (κ2) is 6.06. The molecule has 0 spiro atoms. The van der Waals surface area contributed by atoms with Gasteiger partial charge in [-0.05, 0) is 24.1 Å². The molecule has 0 aliphatic carbocycles. The topological polar surface area (TPSA) is 57.6 Å². The van der Waals surface area contributed by atoms with Gasteiger partial charge in [-0.15, -0.1) is 0 Å². The van der Waals surface area contributed by atoms with Crippen LogP contribution in [0.2, 0.25) is 0 Å². The predicted molar refractivity (Wildman–Crippen MR) is 79.6 cm³/mol. The van der Waals surface area contributed by atoms with E-state index in [0.717, 1.165) is 22.2 Å². The van der Waals surface area contributed by atoms with Crippen LogP contribution >= 0.6 is 15.9 Å². The van der Waals surface area contributed by atoms with E-state index in [9.17, 15) is 14.7 Å². The number of carbonyl (C=O) groups excluding carboxylic acids is 2. The number of rotatable bonds is 5. The third kappa shape index (κ3) is 2.65. The van der Waals surface area contributed by atoms with Crippen molar-refractivity contribution in [3.05, 3.63) is 33.8 Å². The number of benzene rings is 1. The molecular weight excluding hydrogens is 322 g/mol. The molecule has 0 radical (unpaired) electrons. The molecule has 1 aromatic rings. The number of β-amino-alcohol motifs (C(OH)–C–C–N with tert-alkyl or cyclic N) is 1. The number of aliphatic hydroxyl groups excluding tert-OH is 1. The van der Waals surface area contributed by atoms with Crippen LogP contribution in [0.3, 0.4) is 0 Å². The number of imide groups is 1. The van der Waals surface area contributed by atoms with E-state index >= 15 is 0 Å². The number of aliphatic hydroxyl groups is 1. The van der Waals surface area contributed by atoms with Crippen molar-refractivity contribution in [2.24, 2.45) is 5.92 Å². The first kappa shape index (κ1) is 15.2. The van der Waals surface area contributed by atoms with Crippen LogP contribution < -0.4 is 0 Å². The highest BCUT2D eigenvalue weighted by molar-refractivity contribution is 9.10. The Bertz CT molecular complexity index is 540. The van der Waals surface area contributed by atoms with Crippen molar-refractivity contribution in [3.63, 3.8) is 0 Å². The van der Waals surface area contributed by atoms with E-state index in [-0.39, 0.29) is 24.3 Å². The van der Waals surface area contributed by atoms with Crippen LogP contribution in [0.25, 0.3) is 0 Å². The molecule has 1 heterocycles. The maximum atomic E-state index is 12.3. The van der Waals surface area contributed by atoms with Gasteiger partial charge in [-0.1, -0.05) is 42.6 Å². The van der Waals surface area contributed by atoms with Gasteiger partial charge < -0.3 is 5.11 Å². The lowest BCUT2D eigenvalue weighted by molar-refractivity contribution is 0.0419. The van der Waals surface area contributed by atoms with Gasteiger partial charge in [-0.25, -0.2) is 0 Å². The van der Waals surface area contributed by atoms with Crippen LogP contribution in [-0.2, 0) is 0 Å². The van der Waals surface area contributed by atoms with Crippen molar-refractivity contribution in [2.45, 2.75) is 32.8 Å². The first-order valence-corrected chi connectivity index (χ1v) is 7.62. The average Bonchev–Trinajstić information content (AvgIpc) is 2.65. The fourth-order valence-electron chi connectivity index (χ4n) is 2.60. The molecule has 5 heteroatoms. The van der Waals surface area contributed by atoms with E-state index in [4.69, 9.17) is 0 Å². The zero-order valence-electron chi connectivity index (χ0n) is 11.6. The number of hydrogen-bond donors (Lipinski definition) is 1. The van der Waals surface area contributed by atoms with Gasteiger partial charge in [-0.3, -0.25) is 14.5 Å². The van der Waals surface area contributed by atoms with E-state index in [1.807, 2.05) is 13.8 Å². The molecule has 0 bridgehead atoms. The van der Waals surface area contributed by atoms with Crippen LogP contribution in [-0.4, -0.2) is 34.5 Å². The zero-order valence-corrected chi connectivity index (χ0v) is 13.2. The Morgan fingerprint density at radius 2 is 1.75 bits per heavy atom. The van der Waals surface area contributed by atoms with Gasteiger partial charge in [0.25, 0.3) is 11.8 Å². The fraction of sp³-hybridized carbons (Fsp3) is 0.467. The van der Waals surface area contributed by atoms with Crippen LogP contribution in [0.5, 0.6) is 0 Å². The lowest BCUT2D eigenvalue weighted by atomic mass is 9.96. The fourth-order valence-corrected chi connectivity index (χ4v) is 2.96. The van der Waals surface area contributed by atoms with Crippen molar-refractivity contribution in [2.75, 3.05) is 6.54 Å². The molecule has 1 N–H and O–H groups in total. The first-order chi connectivity index (χ1) is 9.49. The smallest absolute Gasteiger partial charge is 0.261 e. The normalized spacial score (nSPS) is 15.9. The highest BCUT2D eigenvalue weighted by Crippen LogP contribution is 2.27. The standard InChI is InChI=1S/C15H18BrNO3/c1-3-9(4-2)13(18)8-17-14(19)11-6-5-10(16)7-12(11)15(17)20/h5-7,9,13,18H,3-4,8H2,1-2H3. The lowest BCUT2D eigenvalue weighted by Gasteiger charge is -2.24. The Balaban J connectivity index is 2.20. The van der Waals surface area contributed by atoms with Crippen LogP contribution in [0.1, 0.15) is 47.4 Å². The average molecular weight is 340 g/mol. The minimum absolute atomic E-state index is 0.0658. The number of amides is 2. The van der Waals surface area contributed by atoms with E-state index in [1.165, 1.54) is 0 Å². The maximum Gasteiger partial charge on any atom is 0.261 e. The maximum absolute atomic E-state index is 12.3. The molecular formula is C15H18BrNO3. The Kier molecular flexibility index (Phi) is 4.60. The molecule has 0 aromatic heterocycles. The largest absolute Gasteiger partial charge is 0.391 e. The van der Waals surface area contributed by atoms with Crippen LogP contribution in [0, 0.1) is 5.92 Å². The lowest BCUT2D eigenvalue weighted by Crippen LogP contribution is -2.39. The van der Waals surface area contributed by atoms with Crippen molar-refractivity contribution in [3.8, 4) is 0 Å². The molecule has 0 saturated heterocycles. The Labute approximate surface area is 126 Å². The molecule has 1 aliphatic heterocycles. The van der Waals surface area contributed by atoms with Gasteiger partial charge in [0.05, 0.1) is 23.8 Å². The molecule has 1 aromatic carbocycles. The quantitative estimate of drug-likeness (QED) is 0.839. The third-order valence-electron chi connectivity index (χ3n) is 3.90. The molecule has 2 amide bonds. The number of fused-ring (bicyclic) bond motifs is 1. The summed E-state index contributed by atoms with van der Waals surface area (Å²) in [4.78, 5) is 25.7. The molecule has 1 atom stereocenters. The van der Waals surface area contributed by atoms with Crippen molar-refractivity contribution in [1.29, 1.82) is 0 Å². The molecule has 0 fully saturated rings. The zero-order chi connectivity index (χ0) is 14.9. The van der Waals surface area contributed by atoms with Gasteiger partial charge in [0, 0.05) is 4.47 Å². The molecule has 108 valence electrons. The summed E-state index contributed by atoms with van der Waals surface area (Å²) < 4.78 is 0.764. The van der Waals surface area contributed by atoms with Crippen molar-refractivity contribution < 1.29 is 14.7 Å². The number of carbonyl (C=O) groups is 2. The second-order valence-electron chi connectivity index (χ2n) is 5.05. The van der Waals surface area contributed by atoms with Gasteiger partial charge in [-0.2, -0.15) is 0 Å². The van der Waals surface area contributed by atoms with Gasteiger partial charge in [0.1, 0.15) is 0 Å². The minimum Gasteiger partial charge on any atom is -0.391 e. The van der Waals surface area contributed by atoms with Gasteiger partial charge >= 0.3 is 0 Å². The molecule has 2 rings (SSSR count). The molecule has 1 aliphatic rings. The summed E-state index contributed by atoms with van der Waals surface area (Å²) in [5.74, 6) is -0.537. The van der Waals surface area contributed by atoms with E-state index in [1.54, 1.807) is 18.2 Å². The highest BCUT2D eigenvalue weighted by atomic mass is 79.9. The van der Waals surface area contributed by atoms with Crippen LogP contribution in [0.15, 0.2) is 22.7 Å². The molecule has 20 heavy (non-hydrogen) atoms. The third-order valence-corrected chi connectivity index (χ3v) is 4.39. The Hall–Kier alpha value is -1.20. The molecule has 0 saturated carbocycles. The van der Waals surface area contributed by atoms with Gasteiger partial charge in [0.2, 0.25) is 0 Å². The highest BCUT2D eigenvalue weighted by Gasteiger charge is 2.37. The number of halogens is 1.